The Labute approximate surface area is 131 Å². The number of carbonyl (C=O) groups is 1. The summed E-state index contributed by atoms with van der Waals surface area (Å²) in [6, 6.07) is 8.16. The maximum absolute atomic E-state index is 12.5. The zero-order valence-corrected chi connectivity index (χ0v) is 12.6. The topological polar surface area (TPSA) is 70.1 Å². The molecule has 5 heteroatoms. The summed E-state index contributed by atoms with van der Waals surface area (Å²) in [6.45, 7) is 0.653. The molecule has 0 spiro atoms. The van der Waals surface area contributed by atoms with E-state index in [1.54, 1.807) is 7.05 Å². The highest BCUT2D eigenvalue weighted by atomic mass is 16.1. The summed E-state index contributed by atoms with van der Waals surface area (Å²) in [7, 11) is 1.72. The van der Waals surface area contributed by atoms with E-state index < -0.39 is 0 Å². The van der Waals surface area contributed by atoms with Crippen LogP contribution in [-0.2, 0) is 0 Å². The molecular weight excluding hydrogens is 288 g/mol. The molecule has 2 aromatic carbocycles. The van der Waals surface area contributed by atoms with E-state index in [1.165, 1.54) is 0 Å². The van der Waals surface area contributed by atoms with Gasteiger partial charge in [-0.2, -0.15) is 0 Å². The summed E-state index contributed by atoms with van der Waals surface area (Å²) >= 11 is 0. The highest BCUT2D eigenvalue weighted by molar-refractivity contribution is 6.24. The lowest BCUT2D eigenvalue weighted by molar-refractivity contribution is 0.0982. The zero-order valence-electron chi connectivity index (χ0n) is 12.6. The smallest absolute Gasteiger partial charge is 0.169 e. The number of para-hydroxylation sites is 1. The van der Waals surface area contributed by atoms with Crippen molar-refractivity contribution in [3.05, 3.63) is 41.4 Å². The summed E-state index contributed by atoms with van der Waals surface area (Å²) < 4.78 is 0. The number of pyridine rings is 1. The van der Waals surface area contributed by atoms with E-state index in [0.29, 0.717) is 23.9 Å². The maximum atomic E-state index is 12.5. The monoisotopic (exact) mass is 302 g/mol. The van der Waals surface area contributed by atoms with Gasteiger partial charge in [0.2, 0.25) is 0 Å². The molecule has 1 aliphatic rings. The van der Waals surface area contributed by atoms with E-state index in [0.717, 1.165) is 38.4 Å². The van der Waals surface area contributed by atoms with Crippen LogP contribution in [0.4, 0.5) is 5.69 Å². The highest BCUT2D eigenvalue weighted by Crippen LogP contribution is 2.36. The quantitative estimate of drug-likeness (QED) is 0.491. The van der Waals surface area contributed by atoms with E-state index in [-0.39, 0.29) is 5.78 Å². The number of Topliss-reactive ketones (excluding diaryl/α,β-unsaturated/α-hetero) is 1. The molecule has 0 aliphatic carbocycles. The Bertz CT molecular complexity index is 1170. The van der Waals surface area contributed by atoms with Crippen molar-refractivity contribution in [1.29, 1.82) is 0 Å². The lowest BCUT2D eigenvalue weighted by Crippen LogP contribution is -2.27. The number of aromatic amines is 1. The molecule has 0 unspecified atom stereocenters. The average Bonchev–Trinajstić information content (AvgIpc) is 3.02. The van der Waals surface area contributed by atoms with E-state index in [1.807, 2.05) is 24.4 Å². The molecule has 23 heavy (non-hydrogen) atoms. The molecule has 1 aliphatic heterocycles. The van der Waals surface area contributed by atoms with Gasteiger partial charge in [-0.25, -0.2) is 0 Å². The molecule has 0 saturated heterocycles. The van der Waals surface area contributed by atoms with Gasteiger partial charge in [0.15, 0.2) is 5.78 Å². The zero-order chi connectivity index (χ0) is 15.6. The molecule has 0 amide bonds. The second-order valence-corrected chi connectivity index (χ2v) is 5.86. The average molecular weight is 302 g/mol. The van der Waals surface area contributed by atoms with Gasteiger partial charge in [-0.15, -0.1) is 0 Å². The first-order chi connectivity index (χ1) is 11.3. The lowest BCUT2D eigenvalue weighted by Gasteiger charge is -2.20. The first kappa shape index (κ1) is 12.6. The van der Waals surface area contributed by atoms with Crippen LogP contribution < -0.4 is 10.7 Å². The number of fused-ring (bicyclic) bond motifs is 4. The molecular formula is C18H14N4O. The Kier molecular flexibility index (Phi) is 2.34. The molecule has 3 heterocycles. The van der Waals surface area contributed by atoms with Crippen molar-refractivity contribution in [3.63, 3.8) is 0 Å². The number of aromatic nitrogens is 2. The number of ketones is 1. The van der Waals surface area contributed by atoms with Gasteiger partial charge < -0.3 is 10.3 Å². The third-order valence-electron chi connectivity index (χ3n) is 4.67. The summed E-state index contributed by atoms with van der Waals surface area (Å²) in [4.78, 5) is 25.0. The van der Waals surface area contributed by atoms with E-state index in [2.05, 4.69) is 26.3 Å². The Hall–Kier alpha value is -2.95. The number of hydrogen-bond acceptors (Lipinski definition) is 4. The van der Waals surface area contributed by atoms with Crippen molar-refractivity contribution >= 4 is 44.2 Å². The van der Waals surface area contributed by atoms with Crippen LogP contribution >= 0.6 is 0 Å². The molecule has 5 nitrogen and oxygen atoms in total. The Balaban J connectivity index is 2.15. The number of rotatable bonds is 0. The fourth-order valence-corrected chi connectivity index (χ4v) is 3.69. The summed E-state index contributed by atoms with van der Waals surface area (Å²) in [5.41, 5.74) is 4.31. The molecule has 112 valence electrons. The first-order valence-corrected chi connectivity index (χ1v) is 7.68. The number of benzene rings is 2. The van der Waals surface area contributed by atoms with Crippen molar-refractivity contribution in [2.75, 3.05) is 18.9 Å². The minimum Gasteiger partial charge on any atom is -0.382 e. The van der Waals surface area contributed by atoms with Gasteiger partial charge in [-0.1, -0.05) is 18.2 Å². The second kappa shape index (κ2) is 4.29. The third-order valence-corrected chi connectivity index (χ3v) is 4.67. The summed E-state index contributed by atoms with van der Waals surface area (Å²) in [5, 5.41) is 7.36. The molecule has 0 atom stereocenters. The van der Waals surface area contributed by atoms with Gasteiger partial charge in [0.25, 0.3) is 0 Å². The molecule has 0 bridgehead atoms. The Morgan fingerprint density at radius 3 is 2.96 bits per heavy atom. The largest absolute Gasteiger partial charge is 0.382 e. The van der Waals surface area contributed by atoms with Gasteiger partial charge in [0.05, 0.1) is 27.6 Å². The number of hydrogen-bond donors (Lipinski definition) is 2. The summed E-state index contributed by atoms with van der Waals surface area (Å²) in [5.74, 6) is 0.128. The van der Waals surface area contributed by atoms with Gasteiger partial charge >= 0.3 is 0 Å². The minimum absolute atomic E-state index is 0.128. The lowest BCUT2D eigenvalue weighted by atomic mass is 9.96. The van der Waals surface area contributed by atoms with Crippen molar-refractivity contribution in [2.24, 2.45) is 4.99 Å². The second-order valence-electron chi connectivity index (χ2n) is 5.86. The minimum atomic E-state index is 0.128. The Morgan fingerprint density at radius 2 is 2.09 bits per heavy atom. The van der Waals surface area contributed by atoms with E-state index >= 15 is 0 Å². The third kappa shape index (κ3) is 1.49. The van der Waals surface area contributed by atoms with Gasteiger partial charge in [0, 0.05) is 47.9 Å². The summed E-state index contributed by atoms with van der Waals surface area (Å²) in [6.07, 6.45) is 2.38. The molecule has 2 aromatic heterocycles. The predicted molar refractivity (Wildman–Crippen MR) is 91.2 cm³/mol. The number of nitrogens with one attached hydrogen (secondary N) is 2. The normalized spacial score (nSPS) is 15.5. The first-order valence-electron chi connectivity index (χ1n) is 7.68. The number of carbonyl (C=O) groups excluding carboxylic acids is 1. The number of nitrogens with zero attached hydrogens (tertiary/aromatic N) is 2. The van der Waals surface area contributed by atoms with Crippen LogP contribution in [0.5, 0.6) is 0 Å². The number of H-pyrrole nitrogens is 1. The molecule has 0 saturated carbocycles. The van der Waals surface area contributed by atoms with E-state index in [4.69, 9.17) is 0 Å². The van der Waals surface area contributed by atoms with Crippen molar-refractivity contribution in [1.82, 2.24) is 9.97 Å². The fourth-order valence-electron chi connectivity index (χ4n) is 3.69. The highest BCUT2D eigenvalue weighted by Gasteiger charge is 2.26. The van der Waals surface area contributed by atoms with Gasteiger partial charge in [-0.3, -0.25) is 14.8 Å². The van der Waals surface area contributed by atoms with Crippen LogP contribution in [0, 0.1) is 0 Å². The SMILES string of the molecule is CN=c1c2c(c3[nH]c4ccccc4c4cnc1c34)NCCC2=O. The molecule has 2 N–H and O–H groups in total. The molecule has 0 radical (unpaired) electrons. The van der Waals surface area contributed by atoms with Crippen LogP contribution in [0.3, 0.4) is 0 Å². The van der Waals surface area contributed by atoms with Gasteiger partial charge in [-0.05, 0) is 6.07 Å². The fraction of sp³-hybridized carbons (Fsp3) is 0.167. The maximum Gasteiger partial charge on any atom is 0.169 e. The standard InChI is InChI=1S/C18H14N4O/c1-19-15-14-12(23)6-7-20-17(14)18-13-10(8-21-16(13)15)9-4-2-3-5-11(9)22-18/h2-5,8,20,22H,6-7H2,1H3. The molecule has 4 aromatic rings. The van der Waals surface area contributed by atoms with Gasteiger partial charge in [0.1, 0.15) is 0 Å². The van der Waals surface area contributed by atoms with Crippen LogP contribution in [-0.4, -0.2) is 29.3 Å². The molecule has 0 fully saturated rings. The van der Waals surface area contributed by atoms with Crippen molar-refractivity contribution < 1.29 is 4.79 Å². The predicted octanol–water partition coefficient (Wildman–Crippen LogP) is 2.84. The van der Waals surface area contributed by atoms with Crippen molar-refractivity contribution in [3.8, 4) is 0 Å². The van der Waals surface area contributed by atoms with Crippen LogP contribution in [0.1, 0.15) is 16.8 Å². The van der Waals surface area contributed by atoms with E-state index in [9.17, 15) is 4.79 Å². The van der Waals surface area contributed by atoms with Crippen molar-refractivity contribution in [2.45, 2.75) is 6.42 Å². The molecule has 5 rings (SSSR count). The Morgan fingerprint density at radius 1 is 1.22 bits per heavy atom. The van der Waals surface area contributed by atoms with Crippen LogP contribution in [0.25, 0.3) is 32.7 Å². The van der Waals surface area contributed by atoms with Crippen LogP contribution in [0.2, 0.25) is 0 Å². The van der Waals surface area contributed by atoms with Crippen LogP contribution in [0.15, 0.2) is 35.5 Å². The number of anilines is 1.